The van der Waals surface area contributed by atoms with Gasteiger partial charge in [-0.15, -0.1) is 0 Å². The SMILES string of the molecule is Cc1ccc(S(=O)(=O)N2CCC(C(=O)Nc3ccccc3CN(C)C3CCCCC3)CC2)c(C)c1. The van der Waals surface area contributed by atoms with Crippen LogP contribution in [0.4, 0.5) is 5.69 Å². The molecular weight excluding hydrogens is 458 g/mol. The molecule has 2 aliphatic rings. The molecule has 0 unspecified atom stereocenters. The van der Waals surface area contributed by atoms with Crippen molar-refractivity contribution in [1.29, 1.82) is 0 Å². The standard InChI is InChI=1S/C28H39N3O3S/c1-21-13-14-27(22(2)19-21)35(33,34)31-17-15-23(16-18-31)28(32)29-26-12-8-7-9-24(26)20-30(3)25-10-5-4-6-11-25/h7-9,12-14,19,23,25H,4-6,10-11,15-18,20H2,1-3H3,(H,29,32). The van der Waals surface area contributed by atoms with E-state index < -0.39 is 10.0 Å². The molecule has 0 bridgehead atoms. The van der Waals surface area contributed by atoms with Gasteiger partial charge in [-0.25, -0.2) is 8.42 Å². The van der Waals surface area contributed by atoms with E-state index in [1.807, 2.05) is 44.2 Å². The van der Waals surface area contributed by atoms with Crippen LogP contribution >= 0.6 is 0 Å². The Balaban J connectivity index is 1.36. The highest BCUT2D eigenvalue weighted by Gasteiger charge is 2.33. The van der Waals surface area contributed by atoms with Gasteiger partial charge in [-0.05, 0) is 69.8 Å². The second kappa shape index (κ2) is 11.2. The van der Waals surface area contributed by atoms with Crippen LogP contribution in [0.15, 0.2) is 47.4 Å². The second-order valence-corrected chi connectivity index (χ2v) is 12.2. The lowest BCUT2D eigenvalue weighted by molar-refractivity contribution is -0.120. The van der Waals surface area contributed by atoms with E-state index in [0.29, 0.717) is 36.9 Å². The van der Waals surface area contributed by atoms with Crippen molar-refractivity contribution in [3.8, 4) is 0 Å². The minimum atomic E-state index is -3.55. The minimum absolute atomic E-state index is 0.0127. The zero-order valence-corrected chi connectivity index (χ0v) is 22.1. The van der Waals surface area contributed by atoms with Gasteiger partial charge in [0.15, 0.2) is 0 Å². The number of anilines is 1. The average Bonchev–Trinajstić information content (AvgIpc) is 2.85. The molecule has 1 saturated heterocycles. The number of benzene rings is 2. The van der Waals surface area contributed by atoms with Gasteiger partial charge in [0.05, 0.1) is 4.90 Å². The molecule has 0 radical (unpaired) electrons. The number of hydrogen-bond donors (Lipinski definition) is 1. The summed E-state index contributed by atoms with van der Waals surface area (Å²) < 4.78 is 27.9. The number of carbonyl (C=O) groups excluding carboxylic acids is 1. The lowest BCUT2D eigenvalue weighted by Gasteiger charge is -2.32. The number of sulfonamides is 1. The summed E-state index contributed by atoms with van der Waals surface area (Å²) in [4.78, 5) is 15.9. The van der Waals surface area contributed by atoms with Crippen molar-refractivity contribution in [1.82, 2.24) is 9.21 Å². The molecule has 1 N–H and O–H groups in total. The fourth-order valence-electron chi connectivity index (χ4n) is 5.52. The first-order valence-corrected chi connectivity index (χ1v) is 14.4. The number of piperidine rings is 1. The number of hydrogen-bond acceptors (Lipinski definition) is 4. The van der Waals surface area contributed by atoms with Crippen LogP contribution < -0.4 is 5.32 Å². The van der Waals surface area contributed by atoms with Gasteiger partial charge in [0.1, 0.15) is 0 Å². The Morgan fingerprint density at radius 2 is 1.69 bits per heavy atom. The highest BCUT2D eigenvalue weighted by Crippen LogP contribution is 2.28. The molecule has 2 aromatic rings. The van der Waals surface area contributed by atoms with Crippen LogP contribution in [0.2, 0.25) is 0 Å². The lowest BCUT2D eigenvalue weighted by atomic mass is 9.94. The fraction of sp³-hybridized carbons (Fsp3) is 0.536. The summed E-state index contributed by atoms with van der Waals surface area (Å²) in [6.07, 6.45) is 7.47. The van der Waals surface area contributed by atoms with E-state index in [9.17, 15) is 13.2 Å². The van der Waals surface area contributed by atoms with Crippen molar-refractivity contribution in [2.75, 3.05) is 25.5 Å². The van der Waals surface area contributed by atoms with E-state index in [4.69, 9.17) is 0 Å². The molecule has 2 aromatic carbocycles. The van der Waals surface area contributed by atoms with Crippen LogP contribution in [0.25, 0.3) is 0 Å². The molecule has 6 nitrogen and oxygen atoms in total. The highest BCUT2D eigenvalue weighted by molar-refractivity contribution is 7.89. The molecule has 0 spiro atoms. The van der Waals surface area contributed by atoms with Gasteiger partial charge in [0.2, 0.25) is 15.9 Å². The van der Waals surface area contributed by atoms with Crippen LogP contribution in [-0.2, 0) is 21.4 Å². The van der Waals surface area contributed by atoms with E-state index in [-0.39, 0.29) is 11.8 Å². The minimum Gasteiger partial charge on any atom is -0.326 e. The normalized spacial score (nSPS) is 18.6. The van der Waals surface area contributed by atoms with Gasteiger partial charge in [0.25, 0.3) is 0 Å². The zero-order valence-electron chi connectivity index (χ0n) is 21.3. The molecule has 4 rings (SSSR count). The monoisotopic (exact) mass is 497 g/mol. The number of amides is 1. The predicted octanol–water partition coefficient (Wildman–Crippen LogP) is 5.11. The van der Waals surface area contributed by atoms with Gasteiger partial charge in [0, 0.05) is 37.3 Å². The van der Waals surface area contributed by atoms with Crippen molar-refractivity contribution in [3.05, 3.63) is 59.2 Å². The molecule has 190 valence electrons. The maximum atomic E-state index is 13.2. The van der Waals surface area contributed by atoms with Gasteiger partial charge in [-0.2, -0.15) is 4.31 Å². The number of aryl methyl sites for hydroxylation is 2. The first-order valence-electron chi connectivity index (χ1n) is 12.9. The van der Waals surface area contributed by atoms with Gasteiger partial charge >= 0.3 is 0 Å². The summed E-state index contributed by atoms with van der Waals surface area (Å²) >= 11 is 0. The van der Waals surface area contributed by atoms with Crippen LogP contribution in [0.5, 0.6) is 0 Å². The highest BCUT2D eigenvalue weighted by atomic mass is 32.2. The molecule has 1 aliphatic heterocycles. The van der Waals surface area contributed by atoms with Gasteiger partial charge < -0.3 is 5.32 Å². The van der Waals surface area contributed by atoms with Crippen molar-refractivity contribution in [2.45, 2.75) is 76.3 Å². The summed E-state index contributed by atoms with van der Waals surface area (Å²) in [7, 11) is -1.37. The van der Waals surface area contributed by atoms with Crippen LogP contribution in [0.1, 0.15) is 61.6 Å². The lowest BCUT2D eigenvalue weighted by Crippen LogP contribution is -2.41. The number of para-hydroxylation sites is 1. The number of carbonyl (C=O) groups is 1. The molecule has 35 heavy (non-hydrogen) atoms. The average molecular weight is 498 g/mol. The molecule has 1 heterocycles. The third-order valence-corrected chi connectivity index (χ3v) is 9.72. The fourth-order valence-corrected chi connectivity index (χ4v) is 7.20. The third-order valence-electron chi connectivity index (χ3n) is 7.67. The maximum absolute atomic E-state index is 13.2. The number of rotatable bonds is 7. The van der Waals surface area contributed by atoms with E-state index >= 15 is 0 Å². The van der Waals surface area contributed by atoms with Gasteiger partial charge in [-0.3, -0.25) is 9.69 Å². The molecule has 0 aromatic heterocycles. The Morgan fingerprint density at radius 3 is 2.37 bits per heavy atom. The van der Waals surface area contributed by atoms with E-state index in [0.717, 1.165) is 28.9 Å². The first-order chi connectivity index (χ1) is 16.8. The van der Waals surface area contributed by atoms with Crippen LogP contribution in [-0.4, -0.2) is 49.7 Å². The Labute approximate surface area is 210 Å². The maximum Gasteiger partial charge on any atom is 0.243 e. The molecule has 1 amide bonds. The van der Waals surface area contributed by atoms with Gasteiger partial charge in [-0.1, -0.05) is 55.2 Å². The Kier molecular flexibility index (Phi) is 8.30. The molecule has 1 aliphatic carbocycles. The smallest absolute Gasteiger partial charge is 0.243 e. The van der Waals surface area contributed by atoms with E-state index in [2.05, 4.69) is 23.3 Å². The quantitative estimate of drug-likeness (QED) is 0.577. The van der Waals surface area contributed by atoms with Crippen molar-refractivity contribution in [3.63, 3.8) is 0 Å². The predicted molar refractivity (Wildman–Crippen MR) is 141 cm³/mol. The van der Waals surface area contributed by atoms with E-state index in [1.54, 1.807) is 6.07 Å². The molecule has 7 heteroatoms. The summed E-state index contributed by atoms with van der Waals surface area (Å²) in [5.41, 5.74) is 3.80. The zero-order chi connectivity index (χ0) is 25.0. The molecule has 1 saturated carbocycles. The Morgan fingerprint density at radius 1 is 1.00 bits per heavy atom. The molecule has 2 fully saturated rings. The number of nitrogens with zero attached hydrogens (tertiary/aromatic N) is 2. The van der Waals surface area contributed by atoms with Crippen LogP contribution in [0, 0.1) is 19.8 Å². The topological polar surface area (TPSA) is 69.7 Å². The Bertz CT molecular complexity index is 1130. The summed E-state index contributed by atoms with van der Waals surface area (Å²) in [6, 6.07) is 14.1. The summed E-state index contributed by atoms with van der Waals surface area (Å²) in [5.74, 6) is -0.203. The van der Waals surface area contributed by atoms with Crippen molar-refractivity contribution >= 4 is 21.6 Å². The van der Waals surface area contributed by atoms with E-state index in [1.165, 1.54) is 36.4 Å². The first kappa shape index (κ1) is 25.9. The summed E-state index contributed by atoms with van der Waals surface area (Å²) in [6.45, 7) is 5.33. The second-order valence-electron chi connectivity index (χ2n) is 10.3. The third kappa shape index (κ3) is 6.13. The Hall–Kier alpha value is -2.22. The summed E-state index contributed by atoms with van der Waals surface area (Å²) in [5, 5.41) is 3.16. The molecule has 0 atom stereocenters. The van der Waals surface area contributed by atoms with Crippen molar-refractivity contribution < 1.29 is 13.2 Å². The van der Waals surface area contributed by atoms with Crippen molar-refractivity contribution in [2.24, 2.45) is 5.92 Å². The number of nitrogens with one attached hydrogen (secondary N) is 1. The van der Waals surface area contributed by atoms with Crippen LogP contribution in [0.3, 0.4) is 0 Å². The molecular formula is C28H39N3O3S. The largest absolute Gasteiger partial charge is 0.326 e.